The Morgan fingerprint density at radius 1 is 1.16 bits per heavy atom. The zero-order valence-electron chi connectivity index (χ0n) is 17.4. The summed E-state index contributed by atoms with van der Waals surface area (Å²) >= 11 is 0. The molecule has 0 radical (unpaired) electrons. The largest absolute Gasteiger partial charge is 0.497 e. The van der Waals surface area contributed by atoms with Crippen molar-refractivity contribution in [3.8, 4) is 17.2 Å². The van der Waals surface area contributed by atoms with Crippen LogP contribution in [0.5, 0.6) is 17.2 Å². The summed E-state index contributed by atoms with van der Waals surface area (Å²) in [5, 5.41) is 0. The van der Waals surface area contributed by atoms with Gasteiger partial charge in [0, 0.05) is 36.6 Å². The predicted molar refractivity (Wildman–Crippen MR) is 116 cm³/mol. The van der Waals surface area contributed by atoms with Gasteiger partial charge < -0.3 is 14.2 Å². The van der Waals surface area contributed by atoms with Gasteiger partial charge in [0.2, 0.25) is 5.78 Å². The number of nitrogens with zero attached hydrogens (tertiary/aromatic N) is 2. The molecule has 0 bridgehead atoms. The molecular formula is C25H22N2O4. The molecule has 31 heavy (non-hydrogen) atoms. The van der Waals surface area contributed by atoms with Crippen molar-refractivity contribution in [1.29, 1.82) is 0 Å². The maximum atomic E-state index is 13.1. The molecule has 0 saturated carbocycles. The molecule has 5 rings (SSSR count). The third-order valence-electron chi connectivity index (χ3n) is 5.55. The monoisotopic (exact) mass is 414 g/mol. The minimum Gasteiger partial charge on any atom is -0.497 e. The molecule has 6 heteroatoms. The van der Waals surface area contributed by atoms with Crippen molar-refractivity contribution in [3.05, 3.63) is 88.4 Å². The second-order valence-corrected chi connectivity index (χ2v) is 7.70. The molecule has 0 atom stereocenters. The van der Waals surface area contributed by atoms with Gasteiger partial charge >= 0.3 is 0 Å². The van der Waals surface area contributed by atoms with Crippen LogP contribution in [0.4, 0.5) is 0 Å². The second kappa shape index (κ2) is 7.89. The fraction of sp³-hybridized carbons (Fsp3) is 0.200. The Morgan fingerprint density at radius 2 is 2.00 bits per heavy atom. The number of benzene rings is 2. The lowest BCUT2D eigenvalue weighted by Gasteiger charge is -2.30. The second-order valence-electron chi connectivity index (χ2n) is 7.70. The fourth-order valence-electron chi connectivity index (χ4n) is 4.03. The van der Waals surface area contributed by atoms with Gasteiger partial charge in [0.25, 0.3) is 0 Å². The van der Waals surface area contributed by atoms with Crippen LogP contribution in [0, 0.1) is 6.92 Å². The van der Waals surface area contributed by atoms with Crippen molar-refractivity contribution in [2.75, 3.05) is 13.8 Å². The van der Waals surface area contributed by atoms with Crippen LogP contribution in [0.2, 0.25) is 0 Å². The summed E-state index contributed by atoms with van der Waals surface area (Å²) in [5.74, 6) is 2.31. The van der Waals surface area contributed by atoms with E-state index in [0.29, 0.717) is 30.3 Å². The molecule has 6 nitrogen and oxygen atoms in total. The first-order valence-corrected chi connectivity index (χ1v) is 10.1. The first kappa shape index (κ1) is 19.3. The summed E-state index contributed by atoms with van der Waals surface area (Å²) in [6.45, 7) is 3.88. The Labute approximate surface area is 180 Å². The maximum Gasteiger partial charge on any atom is 0.231 e. The van der Waals surface area contributed by atoms with Crippen molar-refractivity contribution >= 4 is 11.9 Å². The van der Waals surface area contributed by atoms with Gasteiger partial charge in [0.15, 0.2) is 5.76 Å². The van der Waals surface area contributed by atoms with E-state index in [1.54, 1.807) is 25.6 Å². The van der Waals surface area contributed by atoms with Gasteiger partial charge in [0.05, 0.1) is 12.7 Å². The number of aromatic nitrogens is 1. The number of methoxy groups -OCH3 is 1. The van der Waals surface area contributed by atoms with Gasteiger partial charge in [-0.05, 0) is 54.5 Å². The van der Waals surface area contributed by atoms with E-state index < -0.39 is 0 Å². The minimum atomic E-state index is -0.116. The first-order valence-electron chi connectivity index (χ1n) is 10.1. The summed E-state index contributed by atoms with van der Waals surface area (Å²) in [6, 6.07) is 13.4. The van der Waals surface area contributed by atoms with Crippen molar-refractivity contribution in [2.45, 2.75) is 20.0 Å². The van der Waals surface area contributed by atoms with E-state index in [9.17, 15) is 4.79 Å². The topological polar surface area (TPSA) is 60.9 Å². The molecule has 0 amide bonds. The summed E-state index contributed by atoms with van der Waals surface area (Å²) in [7, 11) is 1.62. The Morgan fingerprint density at radius 3 is 2.81 bits per heavy atom. The van der Waals surface area contributed by atoms with Crippen LogP contribution in [0.1, 0.15) is 32.6 Å². The highest BCUT2D eigenvalue weighted by Gasteiger charge is 2.33. The number of hydrogen-bond donors (Lipinski definition) is 0. The van der Waals surface area contributed by atoms with Crippen molar-refractivity contribution in [1.82, 2.24) is 9.88 Å². The van der Waals surface area contributed by atoms with Gasteiger partial charge in [-0.25, -0.2) is 0 Å². The van der Waals surface area contributed by atoms with Crippen molar-refractivity contribution in [2.24, 2.45) is 0 Å². The number of fused-ring (bicyclic) bond motifs is 2. The average Bonchev–Trinajstić information content (AvgIpc) is 3.10. The molecule has 2 aliphatic rings. The highest BCUT2D eigenvalue weighted by atomic mass is 16.5. The van der Waals surface area contributed by atoms with Gasteiger partial charge in [-0.2, -0.15) is 0 Å². The zero-order valence-corrected chi connectivity index (χ0v) is 17.4. The molecule has 0 N–H and O–H groups in total. The van der Waals surface area contributed by atoms with E-state index in [1.807, 2.05) is 49.4 Å². The molecule has 156 valence electrons. The van der Waals surface area contributed by atoms with Gasteiger partial charge in [-0.1, -0.05) is 12.1 Å². The molecule has 2 aromatic carbocycles. The Kier molecular flexibility index (Phi) is 4.92. The Bertz CT molecular complexity index is 1190. The Hall–Kier alpha value is -3.64. The lowest BCUT2D eigenvalue weighted by atomic mass is 10.00. The normalized spacial score (nSPS) is 16.5. The van der Waals surface area contributed by atoms with Crippen molar-refractivity contribution < 1.29 is 19.0 Å². The van der Waals surface area contributed by atoms with Crippen LogP contribution in [-0.4, -0.2) is 29.5 Å². The van der Waals surface area contributed by atoms with Crippen molar-refractivity contribution in [3.63, 3.8) is 0 Å². The van der Waals surface area contributed by atoms with Gasteiger partial charge in [-0.15, -0.1) is 0 Å². The standard InChI is InChI=1S/C25H22N2O4/c1-16-24-19(14-27(15-30-24)13-17-6-8-26-9-7-17)12-21-23(28)22(31-25(16)21)11-18-4-3-5-20(10-18)29-2/h3-12H,13-15H2,1-2H3/b22-11+. The predicted octanol–water partition coefficient (Wildman–Crippen LogP) is 4.37. The van der Waals surface area contributed by atoms with E-state index in [1.165, 1.54) is 5.56 Å². The van der Waals surface area contributed by atoms with Gasteiger partial charge in [-0.3, -0.25) is 14.7 Å². The van der Waals surface area contributed by atoms with E-state index in [2.05, 4.69) is 9.88 Å². The van der Waals surface area contributed by atoms with Crippen LogP contribution in [-0.2, 0) is 13.1 Å². The lowest BCUT2D eigenvalue weighted by Crippen LogP contribution is -2.32. The number of hydrogen-bond acceptors (Lipinski definition) is 6. The average molecular weight is 414 g/mol. The molecule has 2 aliphatic heterocycles. The highest BCUT2D eigenvalue weighted by Crippen LogP contribution is 2.43. The minimum absolute atomic E-state index is 0.116. The van der Waals surface area contributed by atoms with E-state index in [0.717, 1.165) is 34.7 Å². The highest BCUT2D eigenvalue weighted by molar-refractivity contribution is 6.15. The van der Waals surface area contributed by atoms with E-state index in [-0.39, 0.29) is 5.78 Å². The molecule has 3 aromatic rings. The number of carbonyl (C=O) groups excluding carboxylic acids is 1. The first-order chi connectivity index (χ1) is 15.1. The molecule has 3 heterocycles. The van der Waals surface area contributed by atoms with Crippen LogP contribution in [0.15, 0.2) is 60.6 Å². The molecule has 0 unspecified atom stereocenters. The van der Waals surface area contributed by atoms with Crippen LogP contribution in [0.3, 0.4) is 0 Å². The number of pyridine rings is 1. The summed E-state index contributed by atoms with van der Waals surface area (Å²) in [4.78, 5) is 19.3. The van der Waals surface area contributed by atoms with Crippen LogP contribution >= 0.6 is 0 Å². The number of Topliss-reactive ketones (excluding diaryl/α,β-unsaturated/α-hetero) is 1. The van der Waals surface area contributed by atoms with E-state index >= 15 is 0 Å². The number of carbonyl (C=O) groups is 1. The number of allylic oxidation sites excluding steroid dienone is 1. The Balaban J connectivity index is 1.43. The summed E-state index contributed by atoms with van der Waals surface area (Å²) < 4.78 is 17.3. The summed E-state index contributed by atoms with van der Waals surface area (Å²) in [6.07, 6.45) is 5.33. The quantitative estimate of drug-likeness (QED) is 0.591. The molecule has 0 fully saturated rings. The van der Waals surface area contributed by atoms with Gasteiger partial charge in [0.1, 0.15) is 24.0 Å². The van der Waals surface area contributed by atoms with Crippen LogP contribution < -0.4 is 14.2 Å². The number of ketones is 1. The molecule has 0 aliphatic carbocycles. The van der Waals surface area contributed by atoms with E-state index in [4.69, 9.17) is 14.2 Å². The molecule has 1 aromatic heterocycles. The molecule has 0 spiro atoms. The number of ether oxygens (including phenoxy) is 3. The molecular weight excluding hydrogens is 392 g/mol. The third-order valence-corrected chi connectivity index (χ3v) is 5.55. The smallest absolute Gasteiger partial charge is 0.231 e. The zero-order chi connectivity index (χ0) is 21.4. The SMILES string of the molecule is COc1cccc(/C=C2/Oc3c(cc4c(c3C)OCN(Cc3ccncc3)C4)C2=O)c1. The molecule has 0 saturated heterocycles. The number of rotatable bonds is 4. The third kappa shape index (κ3) is 3.66. The maximum absolute atomic E-state index is 13.1. The van der Waals surface area contributed by atoms with Crippen LogP contribution in [0.25, 0.3) is 6.08 Å². The lowest BCUT2D eigenvalue weighted by molar-refractivity contribution is 0.0876. The fourth-order valence-corrected chi connectivity index (χ4v) is 4.03. The summed E-state index contributed by atoms with van der Waals surface area (Å²) in [5.41, 5.74) is 4.45.